The standard InChI is InChI=1S/C36H48F2N6O4/c1-24-6-5-7-28(39-24)32(45)40-30-20-26-23-44(41-29(26)21-31(30)47-33(37)38)27-10-16-42(17-11-27)22-25-8-12-36(13-9-25)14-18-43(19-15-36)34(46)48-35(2,3)4/h5-7,20-21,23,25,27,33H,8-19,22H2,1-4H3,(H,40,45). The highest BCUT2D eigenvalue weighted by molar-refractivity contribution is 6.05. The Hall–Kier alpha value is -3.80. The molecule has 2 amide bonds. The highest BCUT2D eigenvalue weighted by Crippen LogP contribution is 2.47. The van der Waals surface area contributed by atoms with Crippen molar-refractivity contribution in [1.82, 2.24) is 24.6 Å². The van der Waals surface area contributed by atoms with Gasteiger partial charge in [0.2, 0.25) is 0 Å². The molecule has 3 aromatic rings. The number of benzene rings is 1. The average Bonchev–Trinajstić information content (AvgIpc) is 3.45. The van der Waals surface area contributed by atoms with Crippen LogP contribution in [0.4, 0.5) is 19.3 Å². The van der Waals surface area contributed by atoms with E-state index in [0.29, 0.717) is 22.5 Å². The molecule has 10 nitrogen and oxygen atoms in total. The molecule has 1 saturated carbocycles. The number of aryl methyl sites for hydroxylation is 1. The van der Waals surface area contributed by atoms with Crippen LogP contribution in [0.2, 0.25) is 0 Å². The Kier molecular flexibility index (Phi) is 9.92. The van der Waals surface area contributed by atoms with E-state index in [9.17, 15) is 18.4 Å². The number of carbonyl (C=O) groups is 2. The van der Waals surface area contributed by atoms with E-state index in [1.165, 1.54) is 31.7 Å². The summed E-state index contributed by atoms with van der Waals surface area (Å²) in [6.45, 7) is 9.13. The molecule has 1 aliphatic carbocycles. The van der Waals surface area contributed by atoms with Crippen LogP contribution in [0.5, 0.6) is 5.75 Å². The largest absolute Gasteiger partial charge is 0.444 e. The molecule has 0 bridgehead atoms. The zero-order valence-corrected chi connectivity index (χ0v) is 28.5. The third kappa shape index (κ3) is 8.25. The van der Waals surface area contributed by atoms with Crippen LogP contribution in [0.15, 0.2) is 36.5 Å². The lowest BCUT2D eigenvalue weighted by Crippen LogP contribution is -2.47. The summed E-state index contributed by atoms with van der Waals surface area (Å²) in [6, 6.07) is 8.37. The number of aromatic nitrogens is 3. The Morgan fingerprint density at radius 1 is 1.02 bits per heavy atom. The zero-order valence-electron chi connectivity index (χ0n) is 28.5. The topological polar surface area (TPSA) is 102 Å². The Balaban J connectivity index is 1.01. The number of carbonyl (C=O) groups excluding carboxylic acids is 2. The van der Waals surface area contributed by atoms with Crippen LogP contribution >= 0.6 is 0 Å². The lowest BCUT2D eigenvalue weighted by atomic mass is 9.65. The first-order chi connectivity index (χ1) is 22.8. The van der Waals surface area contributed by atoms with Gasteiger partial charge in [0.25, 0.3) is 5.91 Å². The first kappa shape index (κ1) is 34.1. The van der Waals surface area contributed by atoms with E-state index in [2.05, 4.69) is 15.2 Å². The summed E-state index contributed by atoms with van der Waals surface area (Å²) >= 11 is 0. The number of hydrogen-bond donors (Lipinski definition) is 1. The predicted octanol–water partition coefficient (Wildman–Crippen LogP) is 7.44. The van der Waals surface area contributed by atoms with Crippen LogP contribution in [-0.4, -0.2) is 81.5 Å². The van der Waals surface area contributed by atoms with Crippen LogP contribution < -0.4 is 10.1 Å². The minimum absolute atomic E-state index is 0.138. The molecule has 0 atom stereocenters. The maximum atomic E-state index is 13.3. The summed E-state index contributed by atoms with van der Waals surface area (Å²) < 4.78 is 38.9. The fourth-order valence-corrected chi connectivity index (χ4v) is 7.60. The highest BCUT2D eigenvalue weighted by Gasteiger charge is 2.40. The zero-order chi connectivity index (χ0) is 34.1. The molecule has 3 aliphatic rings. The smallest absolute Gasteiger partial charge is 0.410 e. The molecule has 48 heavy (non-hydrogen) atoms. The number of pyridine rings is 1. The Labute approximate surface area is 281 Å². The van der Waals surface area contributed by atoms with Crippen LogP contribution in [0.25, 0.3) is 10.9 Å². The van der Waals surface area contributed by atoms with E-state index in [-0.39, 0.29) is 29.3 Å². The van der Waals surface area contributed by atoms with Crippen molar-refractivity contribution in [3.8, 4) is 5.75 Å². The van der Waals surface area contributed by atoms with Gasteiger partial charge in [-0.15, -0.1) is 0 Å². The number of alkyl halides is 2. The fourth-order valence-electron chi connectivity index (χ4n) is 7.60. The summed E-state index contributed by atoms with van der Waals surface area (Å²) in [5.74, 6) is 0.0512. The first-order valence-electron chi connectivity index (χ1n) is 17.3. The molecule has 2 saturated heterocycles. The molecule has 1 spiro atoms. The molecule has 1 N–H and O–H groups in total. The molecule has 0 unspecified atom stereocenters. The molecule has 4 heterocycles. The number of hydrogen-bond acceptors (Lipinski definition) is 7. The molecule has 1 aromatic carbocycles. The van der Waals surface area contributed by atoms with Crippen LogP contribution in [0.1, 0.15) is 94.4 Å². The SMILES string of the molecule is Cc1cccc(C(=O)Nc2cc3cn(C4CCN(CC5CCC6(CC5)CCN(C(=O)OC(C)(C)C)CC6)CC4)nc3cc2OC(F)F)n1. The van der Waals surface area contributed by atoms with E-state index in [1.807, 2.05) is 36.5 Å². The van der Waals surface area contributed by atoms with Crippen molar-refractivity contribution in [3.63, 3.8) is 0 Å². The molecule has 12 heteroatoms. The average molecular weight is 667 g/mol. The number of piperidine rings is 2. The van der Waals surface area contributed by atoms with Crippen molar-refractivity contribution in [2.75, 3.05) is 38.0 Å². The second-order valence-electron chi connectivity index (χ2n) is 15.0. The van der Waals surface area contributed by atoms with E-state index in [4.69, 9.17) is 14.6 Å². The fraction of sp³-hybridized carbons (Fsp3) is 0.611. The Morgan fingerprint density at radius 2 is 1.73 bits per heavy atom. The lowest BCUT2D eigenvalue weighted by Gasteiger charge is -2.46. The summed E-state index contributed by atoms with van der Waals surface area (Å²) in [6.07, 6.45) is 10.7. The minimum atomic E-state index is -3.05. The van der Waals surface area contributed by atoms with Crippen molar-refractivity contribution in [2.24, 2.45) is 11.3 Å². The number of anilines is 1. The molecule has 0 radical (unpaired) electrons. The van der Waals surface area contributed by atoms with Crippen molar-refractivity contribution in [2.45, 2.75) is 97.3 Å². The van der Waals surface area contributed by atoms with Gasteiger partial charge in [-0.2, -0.15) is 13.9 Å². The van der Waals surface area contributed by atoms with Gasteiger partial charge in [-0.1, -0.05) is 6.07 Å². The summed E-state index contributed by atoms with van der Waals surface area (Å²) in [5, 5.41) is 8.16. The number of amides is 2. The van der Waals surface area contributed by atoms with Gasteiger partial charge < -0.3 is 24.6 Å². The summed E-state index contributed by atoms with van der Waals surface area (Å²) in [5.41, 5.74) is 1.45. The van der Waals surface area contributed by atoms with Crippen molar-refractivity contribution < 1.29 is 27.8 Å². The van der Waals surface area contributed by atoms with Gasteiger partial charge in [0, 0.05) is 56.1 Å². The lowest BCUT2D eigenvalue weighted by molar-refractivity contribution is -0.0493. The molecular weight excluding hydrogens is 618 g/mol. The van der Waals surface area contributed by atoms with E-state index in [1.54, 1.807) is 31.2 Å². The van der Waals surface area contributed by atoms with Gasteiger partial charge in [0.05, 0.1) is 17.2 Å². The van der Waals surface area contributed by atoms with Gasteiger partial charge in [0.15, 0.2) is 5.75 Å². The number of ether oxygens (including phenoxy) is 2. The van der Waals surface area contributed by atoms with Crippen molar-refractivity contribution in [1.29, 1.82) is 0 Å². The summed E-state index contributed by atoms with van der Waals surface area (Å²) in [4.78, 5) is 34.1. The van der Waals surface area contributed by atoms with E-state index < -0.39 is 18.1 Å². The van der Waals surface area contributed by atoms with Gasteiger partial charge in [-0.3, -0.25) is 9.48 Å². The molecule has 260 valence electrons. The second kappa shape index (κ2) is 14.0. The van der Waals surface area contributed by atoms with Crippen LogP contribution in [-0.2, 0) is 4.74 Å². The quantitative estimate of drug-likeness (QED) is 0.280. The van der Waals surface area contributed by atoms with Crippen LogP contribution in [0, 0.1) is 18.3 Å². The number of halogens is 2. The number of likely N-dealkylation sites (tertiary alicyclic amines) is 2. The third-order valence-corrected chi connectivity index (χ3v) is 10.3. The number of nitrogens with zero attached hydrogens (tertiary/aromatic N) is 5. The first-order valence-corrected chi connectivity index (χ1v) is 17.3. The van der Waals surface area contributed by atoms with E-state index >= 15 is 0 Å². The molecule has 2 aliphatic heterocycles. The normalized spacial score (nSPS) is 19.6. The molecule has 2 aromatic heterocycles. The monoisotopic (exact) mass is 666 g/mol. The van der Waals surface area contributed by atoms with Crippen molar-refractivity contribution >= 4 is 28.6 Å². The van der Waals surface area contributed by atoms with Gasteiger partial charge >= 0.3 is 12.7 Å². The number of rotatable bonds is 7. The second-order valence-corrected chi connectivity index (χ2v) is 15.0. The number of fused-ring (bicyclic) bond motifs is 1. The van der Waals surface area contributed by atoms with Crippen molar-refractivity contribution in [3.05, 3.63) is 47.9 Å². The van der Waals surface area contributed by atoms with E-state index in [0.717, 1.165) is 63.8 Å². The summed E-state index contributed by atoms with van der Waals surface area (Å²) in [7, 11) is 0. The van der Waals surface area contributed by atoms with Gasteiger partial charge in [-0.25, -0.2) is 9.78 Å². The third-order valence-electron chi connectivity index (χ3n) is 10.3. The van der Waals surface area contributed by atoms with Gasteiger partial charge in [-0.05, 0) is 109 Å². The maximum Gasteiger partial charge on any atom is 0.410 e. The van der Waals surface area contributed by atoms with Crippen LogP contribution in [0.3, 0.4) is 0 Å². The molecule has 6 rings (SSSR count). The molecular formula is C36H48F2N6O4. The maximum absolute atomic E-state index is 13.3. The Morgan fingerprint density at radius 3 is 2.38 bits per heavy atom. The highest BCUT2D eigenvalue weighted by atomic mass is 19.3. The van der Waals surface area contributed by atoms with Gasteiger partial charge in [0.1, 0.15) is 11.3 Å². The number of nitrogens with one attached hydrogen (secondary N) is 1. The molecule has 3 fully saturated rings. The Bertz CT molecular complexity index is 1600. The predicted molar refractivity (Wildman–Crippen MR) is 179 cm³/mol. The minimum Gasteiger partial charge on any atom is -0.444 e.